The van der Waals surface area contributed by atoms with Gasteiger partial charge in [0, 0.05) is 12.5 Å². The number of esters is 1. The average molecular weight is 272 g/mol. The van der Waals surface area contributed by atoms with E-state index in [-0.39, 0.29) is 6.61 Å². The summed E-state index contributed by atoms with van der Waals surface area (Å²) >= 11 is 0. The highest BCUT2D eigenvalue weighted by molar-refractivity contribution is 5.65. The van der Waals surface area contributed by atoms with Crippen LogP contribution in [0.4, 0.5) is 0 Å². The van der Waals surface area contributed by atoms with Crippen LogP contribution in [0.1, 0.15) is 12.5 Å². The number of aliphatic hydroxyl groups is 1. The third-order valence-corrected chi connectivity index (χ3v) is 2.77. The van der Waals surface area contributed by atoms with Crippen molar-refractivity contribution >= 4 is 5.97 Å². The predicted octanol–water partition coefficient (Wildman–Crippen LogP) is 1.29. The first-order chi connectivity index (χ1) is 9.65. The molecule has 0 aliphatic carbocycles. The van der Waals surface area contributed by atoms with Gasteiger partial charge in [-0.1, -0.05) is 36.1 Å². The molecule has 3 unspecified atom stereocenters. The molecule has 0 radical (unpaired) electrons. The van der Waals surface area contributed by atoms with E-state index in [9.17, 15) is 9.90 Å². The highest BCUT2D eigenvalue weighted by Gasteiger charge is 2.25. The number of benzene rings is 1. The predicted molar refractivity (Wildman–Crippen MR) is 73.8 cm³/mol. The van der Waals surface area contributed by atoms with Gasteiger partial charge in [0.25, 0.3) is 0 Å². The van der Waals surface area contributed by atoms with Crippen LogP contribution in [0.15, 0.2) is 42.5 Å². The van der Waals surface area contributed by atoms with Crippen LogP contribution in [0, 0.1) is 11.8 Å². The maximum absolute atomic E-state index is 10.8. The van der Waals surface area contributed by atoms with Crippen molar-refractivity contribution in [1.82, 2.24) is 0 Å². The molecule has 104 valence electrons. The lowest BCUT2D eigenvalue weighted by Crippen LogP contribution is -2.38. The van der Waals surface area contributed by atoms with Gasteiger partial charge in [-0.25, -0.2) is 0 Å². The summed E-state index contributed by atoms with van der Waals surface area (Å²) in [6, 6.07) is 9.56. The van der Waals surface area contributed by atoms with Crippen LogP contribution in [0.5, 0.6) is 0 Å². The molecule has 1 heterocycles. The minimum Gasteiger partial charge on any atom is -0.463 e. The maximum atomic E-state index is 10.8. The van der Waals surface area contributed by atoms with Gasteiger partial charge in [0.15, 0.2) is 0 Å². The van der Waals surface area contributed by atoms with Gasteiger partial charge in [-0.3, -0.25) is 4.79 Å². The molecule has 1 aliphatic rings. The lowest BCUT2D eigenvalue weighted by Gasteiger charge is -2.26. The van der Waals surface area contributed by atoms with Crippen LogP contribution in [0.3, 0.4) is 0 Å². The third kappa shape index (κ3) is 4.23. The molecular weight excluding hydrogens is 256 g/mol. The van der Waals surface area contributed by atoms with Gasteiger partial charge in [-0.05, 0) is 18.2 Å². The number of rotatable bonds is 2. The fraction of sp³-hybridized carbons (Fsp3) is 0.312. The second-order valence-electron chi connectivity index (χ2n) is 4.41. The normalized spacial score (nSPS) is 24.6. The molecule has 4 nitrogen and oxygen atoms in total. The Morgan fingerprint density at radius 2 is 2.10 bits per heavy atom. The topological polar surface area (TPSA) is 55.8 Å². The number of aliphatic hydroxyl groups excluding tert-OH is 1. The van der Waals surface area contributed by atoms with Crippen molar-refractivity contribution in [2.24, 2.45) is 0 Å². The molecule has 1 N–H and O–H groups in total. The van der Waals surface area contributed by atoms with Crippen molar-refractivity contribution in [2.75, 3.05) is 6.61 Å². The van der Waals surface area contributed by atoms with Crippen molar-refractivity contribution in [3.05, 3.63) is 48.0 Å². The highest BCUT2D eigenvalue weighted by atomic mass is 16.6. The van der Waals surface area contributed by atoms with Crippen LogP contribution >= 0.6 is 0 Å². The molecule has 1 aromatic rings. The van der Waals surface area contributed by atoms with E-state index in [1.54, 1.807) is 12.2 Å². The van der Waals surface area contributed by atoms with Gasteiger partial charge in [0.1, 0.15) is 24.9 Å². The molecule has 20 heavy (non-hydrogen) atoms. The van der Waals surface area contributed by atoms with Gasteiger partial charge < -0.3 is 14.6 Å². The molecule has 3 atom stereocenters. The highest BCUT2D eigenvalue weighted by Crippen LogP contribution is 2.13. The zero-order chi connectivity index (χ0) is 14.4. The van der Waals surface area contributed by atoms with E-state index in [1.165, 1.54) is 6.92 Å². The summed E-state index contributed by atoms with van der Waals surface area (Å²) in [6.45, 7) is 1.34. The van der Waals surface area contributed by atoms with E-state index >= 15 is 0 Å². The van der Waals surface area contributed by atoms with E-state index in [1.807, 2.05) is 30.3 Å². The quantitative estimate of drug-likeness (QED) is 0.501. The molecule has 0 bridgehead atoms. The van der Waals surface area contributed by atoms with Crippen molar-refractivity contribution in [3.8, 4) is 11.8 Å². The molecule has 0 saturated carbocycles. The number of carbonyl (C=O) groups excluding carboxylic acids is 1. The molecule has 0 saturated heterocycles. The van der Waals surface area contributed by atoms with E-state index in [2.05, 4.69) is 11.8 Å². The fourth-order valence-corrected chi connectivity index (χ4v) is 1.75. The second kappa shape index (κ2) is 6.90. The lowest BCUT2D eigenvalue weighted by atomic mass is 10.1. The van der Waals surface area contributed by atoms with Crippen molar-refractivity contribution in [2.45, 2.75) is 25.2 Å². The summed E-state index contributed by atoms with van der Waals surface area (Å²) in [6.07, 6.45) is 1.52. The van der Waals surface area contributed by atoms with Gasteiger partial charge in [-0.15, -0.1) is 0 Å². The molecule has 4 heteroatoms. The second-order valence-corrected chi connectivity index (χ2v) is 4.41. The Kier molecular flexibility index (Phi) is 4.94. The first kappa shape index (κ1) is 14.3. The Hall–Kier alpha value is -2.09. The number of hydrogen-bond donors (Lipinski definition) is 1. The molecule has 0 aromatic heterocycles. The first-order valence-corrected chi connectivity index (χ1v) is 6.37. The van der Waals surface area contributed by atoms with E-state index in [0.29, 0.717) is 0 Å². The maximum Gasteiger partial charge on any atom is 0.302 e. The van der Waals surface area contributed by atoms with Crippen LogP contribution in [-0.2, 0) is 14.3 Å². The molecule has 0 amide bonds. The minimum absolute atomic E-state index is 0.0182. The summed E-state index contributed by atoms with van der Waals surface area (Å²) in [5.74, 6) is 5.56. The fourth-order valence-electron chi connectivity index (χ4n) is 1.75. The van der Waals surface area contributed by atoms with E-state index in [4.69, 9.17) is 9.47 Å². The summed E-state index contributed by atoms with van der Waals surface area (Å²) < 4.78 is 10.4. The lowest BCUT2D eigenvalue weighted by molar-refractivity contribution is -0.149. The Labute approximate surface area is 118 Å². The van der Waals surface area contributed by atoms with Gasteiger partial charge in [0.05, 0.1) is 0 Å². The minimum atomic E-state index is -0.788. The van der Waals surface area contributed by atoms with Gasteiger partial charge >= 0.3 is 5.97 Å². The smallest absolute Gasteiger partial charge is 0.302 e. The SMILES string of the molecule is CC(=O)OCC1OC(C#Cc2ccccc2)C=CC1O. The molecule has 0 fully saturated rings. The molecule has 0 spiro atoms. The summed E-state index contributed by atoms with van der Waals surface area (Å²) in [5, 5.41) is 9.73. The zero-order valence-corrected chi connectivity index (χ0v) is 11.2. The Morgan fingerprint density at radius 3 is 2.80 bits per heavy atom. The number of carbonyl (C=O) groups is 1. The number of hydrogen-bond acceptors (Lipinski definition) is 4. The summed E-state index contributed by atoms with van der Waals surface area (Å²) in [7, 11) is 0. The number of ether oxygens (including phenoxy) is 2. The Morgan fingerprint density at radius 1 is 1.35 bits per heavy atom. The van der Waals surface area contributed by atoms with Crippen LogP contribution in [0.2, 0.25) is 0 Å². The molecule has 1 aliphatic heterocycles. The molecule has 1 aromatic carbocycles. The monoisotopic (exact) mass is 272 g/mol. The summed E-state index contributed by atoms with van der Waals surface area (Å²) in [4.78, 5) is 10.8. The van der Waals surface area contributed by atoms with Crippen LogP contribution in [-0.4, -0.2) is 36.0 Å². The van der Waals surface area contributed by atoms with Crippen molar-refractivity contribution in [1.29, 1.82) is 0 Å². The van der Waals surface area contributed by atoms with Crippen molar-refractivity contribution < 1.29 is 19.4 Å². The van der Waals surface area contributed by atoms with Crippen LogP contribution < -0.4 is 0 Å². The van der Waals surface area contributed by atoms with Gasteiger partial charge in [-0.2, -0.15) is 0 Å². The van der Waals surface area contributed by atoms with E-state index < -0.39 is 24.3 Å². The van der Waals surface area contributed by atoms with Gasteiger partial charge in [0.2, 0.25) is 0 Å². The van der Waals surface area contributed by atoms with Crippen molar-refractivity contribution in [3.63, 3.8) is 0 Å². The van der Waals surface area contributed by atoms with E-state index in [0.717, 1.165) is 5.56 Å². The molecule has 2 rings (SSSR count). The van der Waals surface area contributed by atoms with Crippen LogP contribution in [0.25, 0.3) is 0 Å². The third-order valence-electron chi connectivity index (χ3n) is 2.77. The largest absolute Gasteiger partial charge is 0.463 e. The zero-order valence-electron chi connectivity index (χ0n) is 11.2. The summed E-state index contributed by atoms with van der Waals surface area (Å²) in [5.41, 5.74) is 0.896. The standard InChI is InChI=1S/C16H16O4/c1-12(17)19-11-16-15(18)10-9-14(20-16)8-7-13-5-3-2-4-6-13/h2-6,9-10,14-16,18H,11H2,1H3. The average Bonchev–Trinajstić information content (AvgIpc) is 2.46. The molecular formula is C16H16O4. The Bertz CT molecular complexity index is 539. The first-order valence-electron chi connectivity index (χ1n) is 6.37. The Balaban J connectivity index is 1.98.